The molecule has 0 spiro atoms. The lowest BCUT2D eigenvalue weighted by atomic mass is 9.90. The van der Waals surface area contributed by atoms with Crippen molar-refractivity contribution in [1.82, 2.24) is 39.8 Å². The van der Waals surface area contributed by atoms with E-state index >= 15 is 0 Å². The molecule has 5 aromatic rings. The fourth-order valence-corrected chi connectivity index (χ4v) is 9.98. The van der Waals surface area contributed by atoms with Gasteiger partial charge in [-0.1, -0.05) is 30.3 Å². The lowest BCUT2D eigenvalue weighted by Gasteiger charge is -2.38. The fourth-order valence-electron chi connectivity index (χ4n) is 9.98. The number of piperidine rings is 3. The predicted molar refractivity (Wildman–Crippen MR) is 263 cm³/mol. The zero-order chi connectivity index (χ0) is 50.3. The molecule has 9 rings (SSSR count). The van der Waals surface area contributed by atoms with Gasteiger partial charge < -0.3 is 35.2 Å². The van der Waals surface area contributed by atoms with Crippen LogP contribution >= 0.6 is 0 Å². The van der Waals surface area contributed by atoms with Gasteiger partial charge >= 0.3 is 12.0 Å². The minimum absolute atomic E-state index is 0.129. The maximum Gasteiger partial charge on any atom is 0.361 e. The molecule has 72 heavy (non-hydrogen) atoms. The van der Waals surface area contributed by atoms with Gasteiger partial charge in [-0.2, -0.15) is 5.10 Å². The molecular formula is C52H58FN11O8. The third kappa shape index (κ3) is 11.4. The highest BCUT2D eigenvalue weighted by Crippen LogP contribution is 2.33. The molecule has 6 heterocycles. The van der Waals surface area contributed by atoms with Crippen LogP contribution in [0.5, 0.6) is 5.75 Å². The summed E-state index contributed by atoms with van der Waals surface area (Å²) in [6.45, 7) is 5.41. The third-order valence-corrected chi connectivity index (χ3v) is 14.2. The summed E-state index contributed by atoms with van der Waals surface area (Å²) in [5.74, 6) is -1.72. The van der Waals surface area contributed by atoms with Crippen molar-refractivity contribution in [2.24, 2.45) is 11.8 Å². The molecule has 0 saturated carbocycles. The molecule has 20 heteroatoms. The summed E-state index contributed by atoms with van der Waals surface area (Å²) >= 11 is 0. The summed E-state index contributed by atoms with van der Waals surface area (Å²) in [4.78, 5) is 95.0. The Balaban J connectivity index is 0.709. The van der Waals surface area contributed by atoms with Crippen LogP contribution in [0.4, 0.5) is 26.4 Å². The van der Waals surface area contributed by atoms with Crippen molar-refractivity contribution < 1.29 is 42.6 Å². The van der Waals surface area contributed by atoms with E-state index in [9.17, 15) is 33.2 Å². The average molecular weight is 984 g/mol. The topological polar surface area (TPSA) is 228 Å². The second-order valence-corrected chi connectivity index (χ2v) is 18.7. The van der Waals surface area contributed by atoms with Crippen molar-refractivity contribution in [3.63, 3.8) is 0 Å². The molecule has 4 aliphatic heterocycles. The zero-order valence-corrected chi connectivity index (χ0v) is 40.1. The number of carbonyl (C=O) groups excluding carboxylic acids is 6. The first-order valence-corrected chi connectivity index (χ1v) is 24.5. The Hall–Kier alpha value is -7.74. The van der Waals surface area contributed by atoms with Crippen LogP contribution in [0.15, 0.2) is 91.4 Å². The van der Waals surface area contributed by atoms with E-state index in [4.69, 9.17) is 15.2 Å². The number of halogens is 1. The number of anilines is 3. The third-order valence-electron chi connectivity index (χ3n) is 14.2. The molecule has 2 aromatic heterocycles. The molecule has 0 bridgehead atoms. The number of nitrogens with one attached hydrogen (secondary N) is 2. The molecule has 19 nitrogen and oxygen atoms in total. The Morgan fingerprint density at radius 1 is 0.861 bits per heavy atom. The number of urea groups is 1. The van der Waals surface area contributed by atoms with Crippen LogP contribution < -0.4 is 26.0 Å². The lowest BCUT2D eigenvalue weighted by molar-refractivity contribution is -0.138. The number of hydrogen-bond donors (Lipinski definition) is 3. The number of imide groups is 1. The number of carbonyl (C=O) groups is 6. The summed E-state index contributed by atoms with van der Waals surface area (Å²) in [7, 11) is 1.49. The van der Waals surface area contributed by atoms with Crippen LogP contribution in [0.2, 0.25) is 0 Å². The van der Waals surface area contributed by atoms with Crippen LogP contribution in [-0.4, -0.2) is 130 Å². The van der Waals surface area contributed by atoms with E-state index in [-0.39, 0.29) is 54.2 Å². The molecule has 0 unspecified atom stereocenters. The van der Waals surface area contributed by atoms with Crippen molar-refractivity contribution >= 4 is 52.8 Å². The van der Waals surface area contributed by atoms with Crippen molar-refractivity contribution in [2.75, 3.05) is 75.4 Å². The van der Waals surface area contributed by atoms with Gasteiger partial charge in [-0.3, -0.25) is 34.1 Å². The number of methoxy groups -OCH3 is 1. The van der Waals surface area contributed by atoms with Crippen molar-refractivity contribution in [3.05, 3.63) is 114 Å². The minimum atomic E-state index is -1.37. The van der Waals surface area contributed by atoms with Gasteiger partial charge in [-0.05, 0) is 99.9 Å². The highest BCUT2D eigenvalue weighted by molar-refractivity contribution is 6.07. The van der Waals surface area contributed by atoms with Gasteiger partial charge in [0.25, 0.3) is 11.8 Å². The number of amides is 6. The van der Waals surface area contributed by atoms with Crippen LogP contribution in [0.3, 0.4) is 0 Å². The van der Waals surface area contributed by atoms with Crippen molar-refractivity contribution in [3.8, 4) is 17.0 Å². The van der Waals surface area contributed by atoms with Gasteiger partial charge in [0.2, 0.25) is 17.9 Å². The first-order chi connectivity index (χ1) is 34.9. The number of nitrogen functional groups attached to an aromatic ring is 1. The summed E-state index contributed by atoms with van der Waals surface area (Å²) in [6, 6.07) is 18.3. The highest BCUT2D eigenvalue weighted by Gasteiger charge is 2.34. The van der Waals surface area contributed by atoms with Gasteiger partial charge in [-0.15, -0.1) is 0 Å². The monoisotopic (exact) mass is 983 g/mol. The molecular weight excluding hydrogens is 926 g/mol. The number of benzene rings is 3. The van der Waals surface area contributed by atoms with E-state index in [1.54, 1.807) is 59.6 Å². The number of nitrogens with zero attached hydrogens (tertiary/aromatic N) is 8. The molecule has 4 saturated heterocycles. The molecule has 4 fully saturated rings. The van der Waals surface area contributed by atoms with E-state index in [0.29, 0.717) is 71.4 Å². The van der Waals surface area contributed by atoms with E-state index < -0.39 is 29.8 Å². The van der Waals surface area contributed by atoms with Crippen molar-refractivity contribution in [2.45, 2.75) is 63.5 Å². The summed E-state index contributed by atoms with van der Waals surface area (Å²) in [5.41, 5.74) is 8.46. The SMILES string of the molecule is COc1ccc(C(=O)N2CCC(C(=O)N3CCC(CCN4CCC(n5cc(-c6cnc(N)c(C(=O)O[C@@H](C(=O)Nc7ccc(F)cc7)c7ccccc7)n6)cn5)CC4)CC3)CC2)cc1N1CCC(=O)NC1=O. The van der Waals surface area contributed by atoms with E-state index in [0.717, 1.165) is 64.8 Å². The molecule has 3 aromatic carbocycles. The van der Waals surface area contributed by atoms with E-state index in [2.05, 4.69) is 30.6 Å². The predicted octanol–water partition coefficient (Wildman–Crippen LogP) is 5.87. The Labute approximate surface area is 415 Å². The summed E-state index contributed by atoms with van der Waals surface area (Å²) in [5, 5.41) is 9.63. The molecule has 1 atom stereocenters. The average Bonchev–Trinajstić information content (AvgIpc) is 3.91. The number of rotatable bonds is 14. The summed E-state index contributed by atoms with van der Waals surface area (Å²) in [6.07, 6.45) is 9.81. The first kappa shape index (κ1) is 49.2. The van der Waals surface area contributed by atoms with E-state index in [1.165, 1.54) is 42.5 Å². The Bertz CT molecular complexity index is 2790. The second-order valence-electron chi connectivity index (χ2n) is 18.7. The van der Waals surface area contributed by atoms with Gasteiger partial charge in [0.1, 0.15) is 11.6 Å². The quantitative estimate of drug-likeness (QED) is 0.111. The molecule has 6 amide bonds. The zero-order valence-electron chi connectivity index (χ0n) is 40.1. The molecule has 4 aliphatic rings. The molecule has 0 aliphatic carbocycles. The van der Waals surface area contributed by atoms with Gasteiger partial charge in [0, 0.05) is 86.7 Å². The smallest absolute Gasteiger partial charge is 0.361 e. The highest BCUT2D eigenvalue weighted by atomic mass is 19.1. The Kier molecular flexibility index (Phi) is 15.1. The van der Waals surface area contributed by atoms with Gasteiger partial charge in [-0.25, -0.2) is 23.9 Å². The van der Waals surface area contributed by atoms with Crippen LogP contribution in [0.1, 0.15) is 89.9 Å². The number of nitrogens with two attached hydrogens (primary N) is 1. The van der Waals surface area contributed by atoms with Crippen LogP contribution in [0.25, 0.3) is 11.3 Å². The number of ether oxygens (including phenoxy) is 2. The minimum Gasteiger partial charge on any atom is -0.495 e. The number of esters is 1. The summed E-state index contributed by atoms with van der Waals surface area (Å²) < 4.78 is 26.6. The van der Waals surface area contributed by atoms with Gasteiger partial charge in [0.15, 0.2) is 11.5 Å². The number of likely N-dealkylation sites (tertiary alicyclic amines) is 3. The first-order valence-electron chi connectivity index (χ1n) is 24.5. The maximum atomic E-state index is 13.7. The number of aromatic nitrogens is 4. The Morgan fingerprint density at radius 2 is 1.58 bits per heavy atom. The standard InChI is InChI=1S/C52H58FN11O8/c1-71-43-12-7-36(29-42(43)63-28-20-44(65)59-52(63)70)50(68)62-26-16-35(17-27-62)49(67)61-24-14-33(15-25-61)13-21-60-22-18-40(19-23-60)64-32-37(30-56-64)41-31-55-47(54)45(58-41)51(69)72-46(34-5-3-2-4-6-34)48(66)57-39-10-8-38(53)9-11-39/h2-12,29-33,35,40,46H,13-28H2,1H3,(H2,54,55)(H,57,66)(H,59,65,70)/t46-/m1/s1. The van der Waals surface area contributed by atoms with Crippen LogP contribution in [-0.2, 0) is 19.1 Å². The van der Waals surface area contributed by atoms with Crippen LogP contribution in [0, 0.1) is 17.7 Å². The molecule has 0 radical (unpaired) electrons. The molecule has 4 N–H and O–H groups in total. The second kappa shape index (κ2) is 22.1. The van der Waals surface area contributed by atoms with Gasteiger partial charge in [0.05, 0.1) is 36.9 Å². The normalized spacial score (nSPS) is 17.8. The number of hydrogen-bond acceptors (Lipinski definition) is 13. The molecule has 376 valence electrons. The van der Waals surface area contributed by atoms with E-state index in [1.807, 2.05) is 15.8 Å². The Morgan fingerprint density at radius 3 is 2.29 bits per heavy atom. The lowest BCUT2D eigenvalue weighted by Crippen LogP contribution is -2.49. The largest absolute Gasteiger partial charge is 0.495 e. The van der Waals surface area contributed by atoms with Crippen molar-refractivity contribution in [1.29, 1.82) is 0 Å². The fraction of sp³-hybridized carbons (Fsp3) is 0.404. The maximum absolute atomic E-state index is 13.7.